The number of hydrogen-bond acceptors (Lipinski definition) is 5. The van der Waals surface area contributed by atoms with Crippen molar-refractivity contribution in [1.29, 1.82) is 0 Å². The Balaban J connectivity index is 0.00000361. The second-order valence-corrected chi connectivity index (χ2v) is 5.51. The van der Waals surface area contributed by atoms with Gasteiger partial charge in [-0.25, -0.2) is 13.1 Å². The fourth-order valence-corrected chi connectivity index (χ4v) is 2.30. The number of carbonyl (C=O) groups is 2. The number of halogens is 1. The van der Waals surface area contributed by atoms with Crippen molar-refractivity contribution < 1.29 is 23.1 Å². The number of carboxylic acid groups (broad SMARTS) is 1. The predicted molar refractivity (Wildman–Crippen MR) is 73.9 cm³/mol. The van der Waals surface area contributed by atoms with Crippen molar-refractivity contribution in [3.63, 3.8) is 0 Å². The lowest BCUT2D eigenvalue weighted by atomic mass is 10.2. The van der Waals surface area contributed by atoms with E-state index in [1.807, 2.05) is 4.72 Å². The molecule has 4 N–H and O–H groups in total. The number of nitrogens with two attached hydrogens (primary N) is 1. The number of benzene rings is 1. The minimum Gasteiger partial charge on any atom is -0.480 e. The smallest absolute Gasteiger partial charge is 0.320 e. The molecule has 0 aliphatic heterocycles. The maximum atomic E-state index is 11.7. The van der Waals surface area contributed by atoms with Gasteiger partial charge >= 0.3 is 5.97 Å². The van der Waals surface area contributed by atoms with Gasteiger partial charge in [0.25, 0.3) is 10.0 Å². The van der Waals surface area contributed by atoms with E-state index in [1.165, 1.54) is 24.3 Å². The molecule has 9 heteroatoms. The number of nitrogens with one attached hydrogen (secondary N) is 1. The van der Waals surface area contributed by atoms with E-state index in [-0.39, 0.29) is 30.1 Å². The maximum absolute atomic E-state index is 11.7. The molecule has 1 aromatic rings. The number of amides is 1. The van der Waals surface area contributed by atoms with Crippen molar-refractivity contribution in [3.05, 3.63) is 30.3 Å². The van der Waals surface area contributed by atoms with Gasteiger partial charge in [-0.1, -0.05) is 18.2 Å². The lowest BCUT2D eigenvalue weighted by molar-refractivity contribution is -0.138. The topological polar surface area (TPSA) is 127 Å². The zero-order valence-electron chi connectivity index (χ0n) is 10.4. The van der Waals surface area contributed by atoms with Crippen molar-refractivity contribution in [2.24, 2.45) is 5.73 Å². The molecule has 0 radical (unpaired) electrons. The lowest BCUT2D eigenvalue weighted by Crippen LogP contribution is -2.34. The highest BCUT2D eigenvalue weighted by Crippen LogP contribution is 2.07. The molecule has 1 unspecified atom stereocenters. The zero-order valence-corrected chi connectivity index (χ0v) is 12.0. The van der Waals surface area contributed by atoms with Gasteiger partial charge in [0.1, 0.15) is 6.04 Å². The second-order valence-electron chi connectivity index (χ2n) is 3.83. The van der Waals surface area contributed by atoms with Crippen LogP contribution >= 0.6 is 12.4 Å². The van der Waals surface area contributed by atoms with E-state index in [2.05, 4.69) is 0 Å². The SMILES string of the molecule is Cl.NC(CCC(=O)NS(=O)(=O)c1ccccc1)C(=O)O. The molecule has 1 amide bonds. The number of hydrogen-bond donors (Lipinski definition) is 3. The first-order valence-corrected chi connectivity index (χ1v) is 6.90. The van der Waals surface area contributed by atoms with Crippen LogP contribution in [-0.4, -0.2) is 31.4 Å². The van der Waals surface area contributed by atoms with Gasteiger partial charge < -0.3 is 10.8 Å². The van der Waals surface area contributed by atoms with Gasteiger partial charge in [0.15, 0.2) is 0 Å². The van der Waals surface area contributed by atoms with E-state index in [4.69, 9.17) is 10.8 Å². The van der Waals surface area contributed by atoms with Crippen LogP contribution in [-0.2, 0) is 19.6 Å². The van der Waals surface area contributed by atoms with E-state index < -0.39 is 27.9 Å². The molecule has 1 atom stereocenters. The highest BCUT2D eigenvalue weighted by Gasteiger charge is 2.19. The van der Waals surface area contributed by atoms with Gasteiger partial charge in [-0.2, -0.15) is 0 Å². The Labute approximate surface area is 122 Å². The van der Waals surface area contributed by atoms with Gasteiger partial charge in [-0.3, -0.25) is 9.59 Å². The molecule has 0 spiro atoms. The molecule has 112 valence electrons. The van der Waals surface area contributed by atoms with Crippen LogP contribution in [0.5, 0.6) is 0 Å². The van der Waals surface area contributed by atoms with Crippen LogP contribution < -0.4 is 10.5 Å². The van der Waals surface area contributed by atoms with E-state index in [0.717, 1.165) is 0 Å². The van der Waals surface area contributed by atoms with Crippen molar-refractivity contribution in [2.45, 2.75) is 23.8 Å². The molecule has 0 aliphatic rings. The van der Waals surface area contributed by atoms with Crippen LogP contribution in [0.25, 0.3) is 0 Å². The summed E-state index contributed by atoms with van der Waals surface area (Å²) in [5.41, 5.74) is 5.21. The molecule has 0 aromatic heterocycles. The number of carbonyl (C=O) groups excluding carboxylic acids is 1. The third-order valence-corrected chi connectivity index (χ3v) is 3.69. The summed E-state index contributed by atoms with van der Waals surface area (Å²) in [4.78, 5) is 21.8. The molecule has 0 saturated heterocycles. The summed E-state index contributed by atoms with van der Waals surface area (Å²) in [7, 11) is -3.92. The van der Waals surface area contributed by atoms with Crippen molar-refractivity contribution in [2.75, 3.05) is 0 Å². The molecule has 0 saturated carbocycles. The first kappa shape index (κ1) is 18.4. The minimum atomic E-state index is -3.92. The van der Waals surface area contributed by atoms with Crippen LogP contribution in [0.4, 0.5) is 0 Å². The molecule has 0 aliphatic carbocycles. The fourth-order valence-electron chi connectivity index (χ4n) is 1.27. The van der Waals surface area contributed by atoms with Gasteiger partial charge in [0.2, 0.25) is 5.91 Å². The molecular weight excluding hydrogens is 308 g/mol. The Morgan fingerprint density at radius 3 is 2.30 bits per heavy atom. The van der Waals surface area contributed by atoms with E-state index in [9.17, 15) is 18.0 Å². The summed E-state index contributed by atoms with van der Waals surface area (Å²) >= 11 is 0. The number of rotatable bonds is 6. The van der Waals surface area contributed by atoms with Crippen molar-refractivity contribution >= 4 is 34.3 Å². The fraction of sp³-hybridized carbons (Fsp3) is 0.273. The molecule has 1 rings (SSSR count). The van der Waals surface area contributed by atoms with Crippen molar-refractivity contribution in [1.82, 2.24) is 4.72 Å². The average Bonchev–Trinajstić information content (AvgIpc) is 2.36. The van der Waals surface area contributed by atoms with Crippen LogP contribution in [0.3, 0.4) is 0 Å². The first-order chi connectivity index (χ1) is 8.83. The van der Waals surface area contributed by atoms with Gasteiger partial charge in [0.05, 0.1) is 4.90 Å². The van der Waals surface area contributed by atoms with Crippen LogP contribution in [0.15, 0.2) is 35.2 Å². The third-order valence-electron chi connectivity index (χ3n) is 2.30. The summed E-state index contributed by atoms with van der Waals surface area (Å²) in [6.07, 6.45) is -0.412. The molecule has 20 heavy (non-hydrogen) atoms. The van der Waals surface area contributed by atoms with Crippen LogP contribution in [0.1, 0.15) is 12.8 Å². The quantitative estimate of drug-likeness (QED) is 0.682. The molecule has 7 nitrogen and oxygen atoms in total. The third kappa shape index (κ3) is 5.55. The first-order valence-electron chi connectivity index (χ1n) is 5.42. The van der Waals surface area contributed by atoms with Crippen molar-refractivity contribution in [3.8, 4) is 0 Å². The van der Waals surface area contributed by atoms with Crippen LogP contribution in [0.2, 0.25) is 0 Å². The average molecular weight is 323 g/mol. The summed E-state index contributed by atoms with van der Waals surface area (Å²) in [5, 5.41) is 8.53. The normalized spacial score (nSPS) is 12.1. The highest BCUT2D eigenvalue weighted by molar-refractivity contribution is 7.90. The molecular formula is C11H15ClN2O5S. The Hall–Kier alpha value is -1.64. The standard InChI is InChI=1S/C11H14N2O5S.ClH/c12-9(11(15)16)6-7-10(14)13-19(17,18)8-4-2-1-3-5-8;/h1-5,9H,6-7,12H2,(H,13,14)(H,15,16);1H. The summed E-state index contributed by atoms with van der Waals surface area (Å²) in [6.45, 7) is 0. The van der Waals surface area contributed by atoms with E-state index >= 15 is 0 Å². The van der Waals surface area contributed by atoms with E-state index in [1.54, 1.807) is 6.07 Å². The number of sulfonamides is 1. The molecule has 0 fully saturated rings. The zero-order chi connectivity index (χ0) is 14.5. The Bertz CT molecular complexity index is 561. The number of carboxylic acids is 1. The van der Waals surface area contributed by atoms with E-state index in [0.29, 0.717) is 0 Å². The number of aliphatic carboxylic acids is 1. The highest BCUT2D eigenvalue weighted by atomic mass is 35.5. The summed E-state index contributed by atoms with van der Waals surface area (Å²) in [5.74, 6) is -2.03. The monoisotopic (exact) mass is 322 g/mol. The Kier molecular flexibility index (Phi) is 7.19. The van der Waals surface area contributed by atoms with Gasteiger partial charge in [0, 0.05) is 6.42 Å². The van der Waals surface area contributed by atoms with Crippen LogP contribution in [0, 0.1) is 0 Å². The molecule has 0 bridgehead atoms. The summed E-state index contributed by atoms with van der Waals surface area (Å²) < 4.78 is 25.3. The molecule has 0 heterocycles. The van der Waals surface area contributed by atoms with Gasteiger partial charge in [-0.15, -0.1) is 12.4 Å². The maximum Gasteiger partial charge on any atom is 0.320 e. The minimum absolute atomic E-state index is 0. The predicted octanol–water partition coefficient (Wildman–Crippen LogP) is 0.105. The Morgan fingerprint density at radius 2 is 1.80 bits per heavy atom. The Morgan fingerprint density at radius 1 is 1.25 bits per heavy atom. The van der Waals surface area contributed by atoms with Gasteiger partial charge in [-0.05, 0) is 18.6 Å². The molecule has 1 aromatic carbocycles. The lowest BCUT2D eigenvalue weighted by Gasteiger charge is -2.08. The summed E-state index contributed by atoms with van der Waals surface area (Å²) in [6, 6.07) is 6.20. The second kappa shape index (κ2) is 7.83. The largest absolute Gasteiger partial charge is 0.480 e.